The molecule has 2 rings (SSSR count). The lowest BCUT2D eigenvalue weighted by Crippen LogP contribution is -2.31. The summed E-state index contributed by atoms with van der Waals surface area (Å²) in [6.07, 6.45) is 4.90. The number of halogens is 2. The third-order valence-electron chi connectivity index (χ3n) is 3.68. The predicted octanol–water partition coefficient (Wildman–Crippen LogP) is 4.19. The Morgan fingerprint density at radius 2 is 1.83 bits per heavy atom. The largest absolute Gasteiger partial charge is 0.307 e. The maximum absolute atomic E-state index is 13.2. The number of rotatable bonds is 6. The highest BCUT2D eigenvalue weighted by atomic mass is 19.1. The Hall–Kier alpha value is -0.960. The molecule has 18 heavy (non-hydrogen) atoms. The van der Waals surface area contributed by atoms with E-state index in [9.17, 15) is 8.78 Å². The summed E-state index contributed by atoms with van der Waals surface area (Å²) in [5.74, 6) is -0.151. The first kappa shape index (κ1) is 13.5. The average molecular weight is 253 g/mol. The highest BCUT2D eigenvalue weighted by Gasteiger charge is 2.25. The van der Waals surface area contributed by atoms with Crippen molar-refractivity contribution in [3.8, 4) is 0 Å². The van der Waals surface area contributed by atoms with Crippen LogP contribution in [0.15, 0.2) is 18.2 Å². The molecule has 1 fully saturated rings. The van der Waals surface area contributed by atoms with Crippen molar-refractivity contribution in [3.05, 3.63) is 35.4 Å². The summed E-state index contributed by atoms with van der Waals surface area (Å²) in [6.45, 7) is 4.11. The summed E-state index contributed by atoms with van der Waals surface area (Å²) in [7, 11) is 0. The van der Waals surface area contributed by atoms with Gasteiger partial charge in [-0.25, -0.2) is 8.78 Å². The molecule has 0 aromatic heterocycles. The standard InChI is InChI=1S/C15H21F2N/c1-3-15(6-11-4-5-11)18-10(2)12-7-13(16)9-14(17)8-12/h7-11,15,18H,3-6H2,1-2H3. The third kappa shape index (κ3) is 3.77. The molecule has 1 N–H and O–H groups in total. The van der Waals surface area contributed by atoms with Gasteiger partial charge in [0.25, 0.3) is 0 Å². The first-order valence-electron chi connectivity index (χ1n) is 6.80. The second kappa shape index (κ2) is 5.79. The molecule has 0 radical (unpaired) electrons. The van der Waals surface area contributed by atoms with E-state index in [0.29, 0.717) is 11.6 Å². The first-order valence-corrected chi connectivity index (χ1v) is 6.80. The molecule has 2 atom stereocenters. The van der Waals surface area contributed by atoms with Crippen molar-refractivity contribution >= 4 is 0 Å². The molecule has 1 nitrogen and oxygen atoms in total. The molecular formula is C15H21F2N. The highest BCUT2D eigenvalue weighted by Crippen LogP contribution is 2.34. The van der Waals surface area contributed by atoms with Crippen LogP contribution in [0.4, 0.5) is 8.78 Å². The normalized spacial score (nSPS) is 18.7. The fourth-order valence-corrected chi connectivity index (χ4v) is 2.38. The Kier molecular flexibility index (Phi) is 4.33. The van der Waals surface area contributed by atoms with Crippen LogP contribution >= 0.6 is 0 Å². The summed E-state index contributed by atoms with van der Waals surface area (Å²) < 4.78 is 26.3. The van der Waals surface area contributed by atoms with Gasteiger partial charge in [-0.3, -0.25) is 0 Å². The average Bonchev–Trinajstić information content (AvgIpc) is 3.10. The Morgan fingerprint density at radius 3 is 2.33 bits per heavy atom. The summed E-state index contributed by atoms with van der Waals surface area (Å²) in [5.41, 5.74) is 0.682. The van der Waals surface area contributed by atoms with Gasteiger partial charge in [-0.1, -0.05) is 19.8 Å². The van der Waals surface area contributed by atoms with Gasteiger partial charge in [0.15, 0.2) is 0 Å². The van der Waals surface area contributed by atoms with Crippen LogP contribution in [0.5, 0.6) is 0 Å². The van der Waals surface area contributed by atoms with Gasteiger partial charge < -0.3 is 5.32 Å². The molecule has 100 valence electrons. The first-order chi connectivity index (χ1) is 8.58. The van der Waals surface area contributed by atoms with Crippen molar-refractivity contribution in [2.45, 2.75) is 51.6 Å². The van der Waals surface area contributed by atoms with E-state index < -0.39 is 11.6 Å². The molecule has 0 spiro atoms. The third-order valence-corrected chi connectivity index (χ3v) is 3.68. The zero-order valence-electron chi connectivity index (χ0n) is 11.0. The van der Waals surface area contributed by atoms with E-state index in [2.05, 4.69) is 12.2 Å². The number of nitrogens with one attached hydrogen (secondary N) is 1. The van der Waals surface area contributed by atoms with E-state index in [-0.39, 0.29) is 6.04 Å². The smallest absolute Gasteiger partial charge is 0.126 e. The Bertz CT molecular complexity index is 381. The zero-order valence-corrected chi connectivity index (χ0v) is 11.0. The van der Waals surface area contributed by atoms with Gasteiger partial charge in [0.1, 0.15) is 11.6 Å². The van der Waals surface area contributed by atoms with Crippen molar-refractivity contribution in [3.63, 3.8) is 0 Å². The molecule has 0 bridgehead atoms. The molecule has 1 aliphatic carbocycles. The minimum Gasteiger partial charge on any atom is -0.307 e. The monoisotopic (exact) mass is 253 g/mol. The molecule has 0 aliphatic heterocycles. The molecule has 1 aliphatic rings. The number of hydrogen-bond acceptors (Lipinski definition) is 1. The van der Waals surface area contributed by atoms with Crippen LogP contribution in [-0.2, 0) is 0 Å². The van der Waals surface area contributed by atoms with Crippen LogP contribution in [0, 0.1) is 17.6 Å². The van der Waals surface area contributed by atoms with Crippen LogP contribution < -0.4 is 5.32 Å². The van der Waals surface area contributed by atoms with Crippen molar-refractivity contribution in [2.24, 2.45) is 5.92 Å². The predicted molar refractivity (Wildman–Crippen MR) is 69.3 cm³/mol. The second-order valence-electron chi connectivity index (χ2n) is 5.38. The fourth-order valence-electron chi connectivity index (χ4n) is 2.38. The van der Waals surface area contributed by atoms with Crippen LogP contribution in [-0.4, -0.2) is 6.04 Å². The van der Waals surface area contributed by atoms with E-state index in [4.69, 9.17) is 0 Å². The molecule has 1 aromatic carbocycles. The van der Waals surface area contributed by atoms with Crippen LogP contribution in [0.3, 0.4) is 0 Å². The second-order valence-corrected chi connectivity index (χ2v) is 5.38. The van der Waals surface area contributed by atoms with Gasteiger partial charge in [0, 0.05) is 18.2 Å². The van der Waals surface area contributed by atoms with Crippen molar-refractivity contribution < 1.29 is 8.78 Å². The Morgan fingerprint density at radius 1 is 1.22 bits per heavy atom. The zero-order chi connectivity index (χ0) is 13.1. The molecule has 0 saturated heterocycles. The summed E-state index contributed by atoms with van der Waals surface area (Å²) in [5, 5.41) is 3.48. The van der Waals surface area contributed by atoms with E-state index in [0.717, 1.165) is 18.4 Å². The van der Waals surface area contributed by atoms with Crippen LogP contribution in [0.25, 0.3) is 0 Å². The topological polar surface area (TPSA) is 12.0 Å². The quantitative estimate of drug-likeness (QED) is 0.801. The molecule has 0 amide bonds. The van der Waals surface area contributed by atoms with Crippen LogP contribution in [0.2, 0.25) is 0 Å². The number of benzene rings is 1. The van der Waals surface area contributed by atoms with E-state index in [1.54, 1.807) is 0 Å². The Balaban J connectivity index is 1.98. The lowest BCUT2D eigenvalue weighted by atomic mass is 10.0. The lowest BCUT2D eigenvalue weighted by molar-refractivity contribution is 0.402. The van der Waals surface area contributed by atoms with E-state index in [1.807, 2.05) is 6.92 Å². The highest BCUT2D eigenvalue weighted by molar-refractivity contribution is 5.21. The van der Waals surface area contributed by atoms with Gasteiger partial charge >= 0.3 is 0 Å². The summed E-state index contributed by atoms with van der Waals surface area (Å²) in [4.78, 5) is 0. The minimum absolute atomic E-state index is 0.0149. The van der Waals surface area contributed by atoms with Gasteiger partial charge in [0.2, 0.25) is 0 Å². The van der Waals surface area contributed by atoms with Gasteiger partial charge in [-0.2, -0.15) is 0 Å². The minimum atomic E-state index is -0.506. The summed E-state index contributed by atoms with van der Waals surface area (Å²) in [6, 6.07) is 4.16. The van der Waals surface area contributed by atoms with Crippen molar-refractivity contribution in [1.82, 2.24) is 5.32 Å². The molecular weight excluding hydrogens is 232 g/mol. The molecule has 1 aromatic rings. The van der Waals surface area contributed by atoms with E-state index in [1.165, 1.54) is 31.4 Å². The summed E-state index contributed by atoms with van der Waals surface area (Å²) >= 11 is 0. The van der Waals surface area contributed by atoms with E-state index >= 15 is 0 Å². The number of hydrogen-bond donors (Lipinski definition) is 1. The van der Waals surface area contributed by atoms with Crippen molar-refractivity contribution in [1.29, 1.82) is 0 Å². The maximum Gasteiger partial charge on any atom is 0.126 e. The maximum atomic E-state index is 13.2. The fraction of sp³-hybridized carbons (Fsp3) is 0.600. The Labute approximate surface area is 108 Å². The molecule has 2 unspecified atom stereocenters. The van der Waals surface area contributed by atoms with Gasteiger partial charge in [-0.15, -0.1) is 0 Å². The molecule has 1 saturated carbocycles. The SMILES string of the molecule is CCC(CC1CC1)NC(C)c1cc(F)cc(F)c1. The lowest BCUT2D eigenvalue weighted by Gasteiger charge is -2.22. The van der Waals surface area contributed by atoms with Crippen LogP contribution in [0.1, 0.15) is 51.1 Å². The molecule has 3 heteroatoms. The van der Waals surface area contributed by atoms with Gasteiger partial charge in [0.05, 0.1) is 0 Å². The van der Waals surface area contributed by atoms with Crippen molar-refractivity contribution in [2.75, 3.05) is 0 Å². The molecule has 0 heterocycles. The van der Waals surface area contributed by atoms with Gasteiger partial charge in [-0.05, 0) is 43.4 Å².